The smallest absolute Gasteiger partial charge is 0.262 e. The van der Waals surface area contributed by atoms with Gasteiger partial charge in [0.25, 0.3) is 11.8 Å². The van der Waals surface area contributed by atoms with Crippen molar-refractivity contribution in [1.82, 2.24) is 10.2 Å². The van der Waals surface area contributed by atoms with Crippen LogP contribution in [0, 0.1) is 12.3 Å². The number of nitrogens with one attached hydrogen (secondary N) is 1. The molecule has 1 aromatic rings. The Balaban J connectivity index is 1.23. The molecule has 0 bridgehead atoms. The maximum Gasteiger partial charge on any atom is 0.262 e. The van der Waals surface area contributed by atoms with E-state index in [9.17, 15) is 19.2 Å². The monoisotopic (exact) mass is 532 g/mol. The van der Waals surface area contributed by atoms with E-state index < -0.39 is 29.7 Å². The summed E-state index contributed by atoms with van der Waals surface area (Å²) in [6.07, 6.45) is 5.24. The number of terminal acetylenes is 1. The Morgan fingerprint density at radius 3 is 1.92 bits per heavy atom. The standard InChI is InChI=1S/C26H32N2O10/c1-2-7-33-8-9-34-10-11-35-12-13-36-14-15-37-16-17-38-19-3-4-20-21(18-19)26(32)28(25(20)31)22-5-6-23(29)27-24(22)30/h1,3-4,18,22H,5-17H2,(H,27,29,30). The molecule has 1 N–H and O–H groups in total. The van der Waals surface area contributed by atoms with Crippen molar-refractivity contribution in [2.75, 3.05) is 72.7 Å². The summed E-state index contributed by atoms with van der Waals surface area (Å²) in [4.78, 5) is 50.0. The van der Waals surface area contributed by atoms with E-state index in [1.807, 2.05) is 0 Å². The molecule has 0 aromatic heterocycles. The van der Waals surface area contributed by atoms with Gasteiger partial charge in [0.15, 0.2) is 0 Å². The third-order valence-corrected chi connectivity index (χ3v) is 5.58. The Bertz CT molecular complexity index is 1020. The van der Waals surface area contributed by atoms with Gasteiger partial charge in [-0.15, -0.1) is 6.42 Å². The summed E-state index contributed by atoms with van der Waals surface area (Å²) in [6.45, 7) is 4.32. The number of fused-ring (bicyclic) bond motifs is 1. The van der Waals surface area contributed by atoms with E-state index in [1.54, 1.807) is 6.07 Å². The maximum absolute atomic E-state index is 12.8. The van der Waals surface area contributed by atoms with Gasteiger partial charge in [0.05, 0.1) is 70.6 Å². The highest BCUT2D eigenvalue weighted by atomic mass is 16.6. The first-order chi connectivity index (χ1) is 18.5. The number of hydrogen-bond acceptors (Lipinski definition) is 10. The second-order valence-electron chi connectivity index (χ2n) is 8.21. The molecule has 2 aliphatic rings. The summed E-state index contributed by atoms with van der Waals surface area (Å²) in [6, 6.07) is 3.55. The van der Waals surface area contributed by atoms with Crippen molar-refractivity contribution in [3.63, 3.8) is 0 Å². The number of imide groups is 2. The first kappa shape index (κ1) is 29.2. The van der Waals surface area contributed by atoms with Gasteiger partial charge < -0.3 is 28.4 Å². The molecule has 3 rings (SSSR count). The lowest BCUT2D eigenvalue weighted by Crippen LogP contribution is -2.54. The quantitative estimate of drug-likeness (QED) is 0.158. The molecule has 1 fully saturated rings. The first-order valence-corrected chi connectivity index (χ1v) is 12.3. The number of carbonyl (C=O) groups excluding carboxylic acids is 4. The second kappa shape index (κ2) is 15.8. The van der Waals surface area contributed by atoms with Crippen LogP contribution in [0.5, 0.6) is 5.75 Å². The van der Waals surface area contributed by atoms with Gasteiger partial charge in [-0.25, -0.2) is 0 Å². The predicted octanol–water partition coefficient (Wildman–Crippen LogP) is 0.183. The van der Waals surface area contributed by atoms with E-state index in [0.29, 0.717) is 65.2 Å². The summed E-state index contributed by atoms with van der Waals surface area (Å²) in [5.41, 5.74) is 0.358. The Morgan fingerprint density at radius 2 is 1.34 bits per heavy atom. The van der Waals surface area contributed by atoms with Crippen LogP contribution in [0.3, 0.4) is 0 Å². The highest BCUT2D eigenvalue weighted by Gasteiger charge is 2.44. The van der Waals surface area contributed by atoms with Crippen LogP contribution in [0.25, 0.3) is 0 Å². The van der Waals surface area contributed by atoms with Crippen molar-refractivity contribution in [2.45, 2.75) is 18.9 Å². The molecule has 2 aliphatic heterocycles. The Morgan fingerprint density at radius 1 is 0.789 bits per heavy atom. The van der Waals surface area contributed by atoms with Gasteiger partial charge in [-0.1, -0.05) is 5.92 Å². The number of ether oxygens (including phenoxy) is 6. The topological polar surface area (TPSA) is 139 Å². The minimum atomic E-state index is -1.00. The number of carbonyl (C=O) groups is 4. The molecule has 1 unspecified atom stereocenters. The summed E-state index contributed by atoms with van der Waals surface area (Å²) in [5, 5.41) is 2.17. The number of piperidine rings is 1. The number of rotatable bonds is 18. The highest BCUT2D eigenvalue weighted by Crippen LogP contribution is 2.30. The van der Waals surface area contributed by atoms with Crippen molar-refractivity contribution in [2.24, 2.45) is 0 Å². The zero-order valence-electron chi connectivity index (χ0n) is 21.1. The molecule has 0 spiro atoms. The molecule has 206 valence electrons. The molecule has 1 atom stereocenters. The average Bonchev–Trinajstić information content (AvgIpc) is 3.15. The fourth-order valence-electron chi connectivity index (χ4n) is 3.77. The van der Waals surface area contributed by atoms with Crippen LogP contribution in [0.15, 0.2) is 18.2 Å². The van der Waals surface area contributed by atoms with E-state index in [-0.39, 0.29) is 37.2 Å². The van der Waals surface area contributed by atoms with Crippen LogP contribution < -0.4 is 10.1 Å². The van der Waals surface area contributed by atoms with Crippen LogP contribution in [-0.4, -0.2) is 107 Å². The molecule has 12 nitrogen and oxygen atoms in total. The van der Waals surface area contributed by atoms with Gasteiger partial charge in [0.2, 0.25) is 11.8 Å². The summed E-state index contributed by atoms with van der Waals surface area (Å²) >= 11 is 0. The molecule has 0 saturated carbocycles. The van der Waals surface area contributed by atoms with Crippen LogP contribution >= 0.6 is 0 Å². The first-order valence-electron chi connectivity index (χ1n) is 12.3. The molecule has 0 radical (unpaired) electrons. The average molecular weight is 533 g/mol. The van der Waals surface area contributed by atoms with E-state index in [2.05, 4.69) is 11.2 Å². The van der Waals surface area contributed by atoms with E-state index in [4.69, 9.17) is 34.8 Å². The van der Waals surface area contributed by atoms with Crippen LogP contribution in [0.1, 0.15) is 33.6 Å². The molecule has 38 heavy (non-hydrogen) atoms. The van der Waals surface area contributed by atoms with Gasteiger partial charge in [-0.05, 0) is 24.6 Å². The van der Waals surface area contributed by atoms with Crippen molar-refractivity contribution < 1.29 is 47.6 Å². The van der Waals surface area contributed by atoms with Crippen molar-refractivity contribution in [3.8, 4) is 18.1 Å². The molecule has 12 heteroatoms. The number of nitrogens with zero attached hydrogens (tertiary/aromatic N) is 1. The third kappa shape index (κ3) is 8.61. The third-order valence-electron chi connectivity index (χ3n) is 5.58. The van der Waals surface area contributed by atoms with Crippen LogP contribution in [0.2, 0.25) is 0 Å². The van der Waals surface area contributed by atoms with Crippen molar-refractivity contribution >= 4 is 23.6 Å². The fraction of sp³-hybridized carbons (Fsp3) is 0.538. The van der Waals surface area contributed by atoms with Crippen molar-refractivity contribution in [3.05, 3.63) is 29.3 Å². The maximum atomic E-state index is 12.8. The van der Waals surface area contributed by atoms with Gasteiger partial charge >= 0.3 is 0 Å². The highest BCUT2D eigenvalue weighted by molar-refractivity contribution is 6.23. The molecule has 0 aliphatic carbocycles. The molecular weight excluding hydrogens is 500 g/mol. The number of hydrogen-bond donors (Lipinski definition) is 1. The zero-order chi connectivity index (χ0) is 27.2. The largest absolute Gasteiger partial charge is 0.491 e. The summed E-state index contributed by atoms with van der Waals surface area (Å²) < 4.78 is 32.3. The van der Waals surface area contributed by atoms with Gasteiger partial charge in [-0.2, -0.15) is 0 Å². The minimum Gasteiger partial charge on any atom is -0.491 e. The molecule has 1 aromatic carbocycles. The van der Waals surface area contributed by atoms with Crippen LogP contribution in [-0.2, 0) is 33.3 Å². The van der Waals surface area contributed by atoms with Gasteiger partial charge in [0.1, 0.15) is 25.0 Å². The SMILES string of the molecule is C#CCOCCOCCOCCOCCOCCOc1ccc2c(c1)C(=O)N(C1CCC(=O)NC1=O)C2=O. The lowest BCUT2D eigenvalue weighted by atomic mass is 10.0. The van der Waals surface area contributed by atoms with E-state index in [0.717, 1.165) is 4.90 Å². The number of amides is 4. The van der Waals surface area contributed by atoms with E-state index >= 15 is 0 Å². The van der Waals surface area contributed by atoms with Crippen LogP contribution in [0.4, 0.5) is 0 Å². The van der Waals surface area contributed by atoms with Gasteiger partial charge in [0, 0.05) is 6.42 Å². The molecule has 1 saturated heterocycles. The predicted molar refractivity (Wildman–Crippen MR) is 132 cm³/mol. The molecular formula is C26H32N2O10. The molecule has 4 amide bonds. The normalized spacial score (nSPS) is 16.9. The van der Waals surface area contributed by atoms with Crippen molar-refractivity contribution in [1.29, 1.82) is 0 Å². The Labute approximate surface area is 220 Å². The zero-order valence-corrected chi connectivity index (χ0v) is 21.1. The Kier molecular flexibility index (Phi) is 12.2. The summed E-state index contributed by atoms with van der Waals surface area (Å²) in [5.74, 6) is 0.567. The second-order valence-corrected chi connectivity index (χ2v) is 8.21. The van der Waals surface area contributed by atoms with E-state index in [1.165, 1.54) is 12.1 Å². The molecule has 2 heterocycles. The Hall–Kier alpha value is -3.34. The lowest BCUT2D eigenvalue weighted by Gasteiger charge is -2.27. The lowest BCUT2D eigenvalue weighted by molar-refractivity contribution is -0.136. The minimum absolute atomic E-state index is 0.0674. The summed E-state index contributed by atoms with van der Waals surface area (Å²) in [7, 11) is 0. The fourth-order valence-corrected chi connectivity index (χ4v) is 3.77. The van der Waals surface area contributed by atoms with Gasteiger partial charge in [-0.3, -0.25) is 29.4 Å². The number of benzene rings is 1.